The number of esters is 1. The molecule has 4 heterocycles. The number of halogens is 4. The highest BCUT2D eigenvalue weighted by Gasteiger charge is 2.41. The van der Waals surface area contributed by atoms with Gasteiger partial charge in [0, 0.05) is 83.1 Å². The average Bonchev–Trinajstić information content (AvgIpc) is 3.36. The van der Waals surface area contributed by atoms with Crippen molar-refractivity contribution < 1.29 is 41.8 Å². The standard InChI is InChI=1S/C40H53ClF3N7O6/c1-4-56-36(53)39(2,3)50-16-12-28(13-17-50)47-19-21-48(22-20-47)35(52)33(25-26-23-30(40(42,43)44)34(45)31(41)24-26)57-38(55)49-14-10-29(11-15-49)51-18-9-27-7-5-6-8-32(27)46-37(51)54/h5-8,23-24,28-29,33H,4,9-22,25,45H2,1-3H3,(H,46,54)/t33-/m1/s1. The van der Waals surface area contributed by atoms with Crippen molar-refractivity contribution in [3.8, 4) is 0 Å². The molecule has 1 atom stereocenters. The number of rotatable bonds is 9. The van der Waals surface area contributed by atoms with Crippen LogP contribution in [0, 0.1) is 0 Å². The van der Waals surface area contributed by atoms with Crippen molar-refractivity contribution in [1.29, 1.82) is 0 Å². The first kappa shape index (κ1) is 42.3. The Hall–Kier alpha value is -4.28. The first-order valence-electron chi connectivity index (χ1n) is 19.8. The summed E-state index contributed by atoms with van der Waals surface area (Å²) in [5.74, 6) is -0.758. The molecule has 0 radical (unpaired) electrons. The number of nitrogen functional groups attached to an aromatic ring is 1. The summed E-state index contributed by atoms with van der Waals surface area (Å²) in [5.41, 5.74) is 5.08. The van der Waals surface area contributed by atoms with Crippen molar-refractivity contribution in [3.05, 3.63) is 58.1 Å². The molecule has 4 aliphatic rings. The lowest BCUT2D eigenvalue weighted by atomic mass is 9.95. The van der Waals surface area contributed by atoms with Gasteiger partial charge in [-0.15, -0.1) is 0 Å². The Bertz CT molecular complexity index is 1790. The van der Waals surface area contributed by atoms with E-state index in [9.17, 15) is 32.3 Å². The van der Waals surface area contributed by atoms with Gasteiger partial charge in [0.25, 0.3) is 5.91 Å². The van der Waals surface area contributed by atoms with Crippen molar-refractivity contribution in [1.82, 2.24) is 24.5 Å². The number of hydrogen-bond donors (Lipinski definition) is 2. The second-order valence-corrected chi connectivity index (χ2v) is 16.1. The minimum Gasteiger partial charge on any atom is -0.465 e. The molecule has 0 aromatic heterocycles. The Kier molecular flexibility index (Phi) is 13.1. The van der Waals surface area contributed by atoms with E-state index in [-0.39, 0.29) is 54.2 Å². The monoisotopic (exact) mass is 819 g/mol. The summed E-state index contributed by atoms with van der Waals surface area (Å²) >= 11 is 6.14. The lowest BCUT2D eigenvalue weighted by Gasteiger charge is -2.46. The molecule has 2 aromatic rings. The number of para-hydroxylation sites is 1. The number of carbonyl (C=O) groups excluding carboxylic acids is 4. The fourth-order valence-corrected chi connectivity index (χ4v) is 8.69. The van der Waals surface area contributed by atoms with Gasteiger partial charge in [-0.1, -0.05) is 29.8 Å². The predicted molar refractivity (Wildman–Crippen MR) is 209 cm³/mol. The molecule has 312 valence electrons. The second-order valence-electron chi connectivity index (χ2n) is 15.7. The third-order valence-electron chi connectivity index (χ3n) is 11.9. The van der Waals surface area contributed by atoms with Crippen LogP contribution in [0.3, 0.4) is 0 Å². The highest BCUT2D eigenvalue weighted by Crippen LogP contribution is 2.38. The molecule has 4 amide bonds. The maximum absolute atomic E-state index is 14.2. The van der Waals surface area contributed by atoms with Crippen LogP contribution in [0.1, 0.15) is 63.1 Å². The Morgan fingerprint density at radius 2 is 1.56 bits per heavy atom. The Morgan fingerprint density at radius 1 is 0.912 bits per heavy atom. The van der Waals surface area contributed by atoms with Gasteiger partial charge < -0.3 is 35.2 Å². The Balaban J connectivity index is 1.09. The SMILES string of the molecule is CCOC(=O)C(C)(C)N1CCC(N2CCN(C(=O)[C@@H](Cc3cc(Cl)c(N)c(C(F)(F)F)c3)OC(=O)N3CCC(N4CCc5ccccc5NC4=O)CC3)CC2)CC1. The molecule has 0 bridgehead atoms. The number of amides is 4. The number of benzene rings is 2. The molecule has 3 saturated heterocycles. The number of fused-ring (bicyclic) bond motifs is 1. The maximum Gasteiger partial charge on any atom is 0.418 e. The normalized spacial score (nSPS) is 20.1. The number of nitrogens with one attached hydrogen (secondary N) is 1. The molecule has 2 aromatic carbocycles. The lowest BCUT2D eigenvalue weighted by Crippen LogP contribution is -2.59. The van der Waals surface area contributed by atoms with Crippen LogP contribution in [0.2, 0.25) is 5.02 Å². The number of nitrogens with two attached hydrogens (primary N) is 1. The first-order chi connectivity index (χ1) is 27.1. The molecule has 57 heavy (non-hydrogen) atoms. The summed E-state index contributed by atoms with van der Waals surface area (Å²) < 4.78 is 52.9. The number of likely N-dealkylation sites (tertiary alicyclic amines) is 2. The molecular formula is C40H53ClF3N7O6. The van der Waals surface area contributed by atoms with Crippen LogP contribution < -0.4 is 11.1 Å². The van der Waals surface area contributed by atoms with E-state index in [2.05, 4.69) is 15.1 Å². The van der Waals surface area contributed by atoms with Crippen molar-refractivity contribution in [3.63, 3.8) is 0 Å². The zero-order chi connectivity index (χ0) is 41.1. The number of nitrogens with zero attached hydrogens (tertiary/aromatic N) is 5. The maximum atomic E-state index is 14.2. The fourth-order valence-electron chi connectivity index (χ4n) is 8.45. The van der Waals surface area contributed by atoms with Gasteiger partial charge in [-0.05, 0) is 82.2 Å². The van der Waals surface area contributed by atoms with Gasteiger partial charge in [-0.3, -0.25) is 19.4 Å². The van der Waals surface area contributed by atoms with E-state index in [0.717, 1.165) is 30.2 Å². The van der Waals surface area contributed by atoms with Gasteiger partial charge in [0.05, 0.1) is 22.9 Å². The number of piperidine rings is 2. The van der Waals surface area contributed by atoms with E-state index in [0.29, 0.717) is 71.7 Å². The largest absolute Gasteiger partial charge is 0.465 e. The predicted octanol–water partition coefficient (Wildman–Crippen LogP) is 5.49. The number of carbonyl (C=O) groups is 4. The van der Waals surface area contributed by atoms with Gasteiger partial charge >= 0.3 is 24.3 Å². The van der Waals surface area contributed by atoms with Gasteiger partial charge in [-0.25, -0.2) is 9.59 Å². The summed E-state index contributed by atoms with van der Waals surface area (Å²) in [4.78, 5) is 62.9. The smallest absolute Gasteiger partial charge is 0.418 e. The van der Waals surface area contributed by atoms with Crippen LogP contribution in [0.25, 0.3) is 0 Å². The van der Waals surface area contributed by atoms with E-state index in [4.69, 9.17) is 26.8 Å². The van der Waals surface area contributed by atoms with Crippen molar-refractivity contribution in [2.45, 2.75) is 89.2 Å². The molecule has 3 N–H and O–H groups in total. The van der Waals surface area contributed by atoms with Crippen LogP contribution in [0.4, 0.5) is 34.1 Å². The Morgan fingerprint density at radius 3 is 2.21 bits per heavy atom. The Labute approximate surface area is 336 Å². The molecule has 17 heteroatoms. The van der Waals surface area contributed by atoms with Gasteiger partial charge in [0.1, 0.15) is 5.54 Å². The minimum atomic E-state index is -4.79. The van der Waals surface area contributed by atoms with E-state index in [1.165, 1.54) is 11.0 Å². The van der Waals surface area contributed by atoms with Crippen LogP contribution in [0.5, 0.6) is 0 Å². The van der Waals surface area contributed by atoms with Crippen molar-refractivity contribution >= 4 is 47.0 Å². The minimum absolute atomic E-state index is 0.0516. The summed E-state index contributed by atoms with van der Waals surface area (Å²) in [7, 11) is 0. The van der Waals surface area contributed by atoms with Crippen LogP contribution >= 0.6 is 11.6 Å². The van der Waals surface area contributed by atoms with Gasteiger partial charge in [-0.2, -0.15) is 13.2 Å². The molecule has 0 aliphatic carbocycles. The molecular weight excluding hydrogens is 767 g/mol. The van der Waals surface area contributed by atoms with E-state index < -0.39 is 41.1 Å². The molecule has 0 unspecified atom stereocenters. The lowest BCUT2D eigenvalue weighted by molar-refractivity contribution is -0.157. The zero-order valence-corrected chi connectivity index (χ0v) is 33.5. The quantitative estimate of drug-likeness (QED) is 0.248. The highest BCUT2D eigenvalue weighted by atomic mass is 35.5. The summed E-state index contributed by atoms with van der Waals surface area (Å²) in [5, 5.41) is 2.67. The number of alkyl halides is 3. The molecule has 6 rings (SSSR count). The second kappa shape index (κ2) is 17.7. The van der Waals surface area contributed by atoms with Crippen LogP contribution in [-0.2, 0) is 38.1 Å². The first-order valence-corrected chi connectivity index (χ1v) is 20.2. The summed E-state index contributed by atoms with van der Waals surface area (Å²) in [6.45, 7) is 10.1. The topological polar surface area (TPSA) is 141 Å². The fraction of sp³-hybridized carbons (Fsp3) is 0.600. The molecule has 13 nitrogen and oxygen atoms in total. The molecule has 4 aliphatic heterocycles. The van der Waals surface area contributed by atoms with Gasteiger partial charge in [0.15, 0.2) is 6.10 Å². The number of ether oxygens (including phenoxy) is 2. The van der Waals surface area contributed by atoms with E-state index in [1.54, 1.807) is 16.7 Å². The van der Waals surface area contributed by atoms with Crippen molar-refractivity contribution in [2.75, 3.05) is 76.6 Å². The van der Waals surface area contributed by atoms with Crippen LogP contribution in [-0.4, -0.2) is 138 Å². The summed E-state index contributed by atoms with van der Waals surface area (Å²) in [6.07, 6.45) is -3.98. The molecule has 0 saturated carbocycles. The number of piperazine rings is 1. The summed E-state index contributed by atoms with van der Waals surface area (Å²) in [6, 6.07) is 9.71. The zero-order valence-electron chi connectivity index (χ0n) is 32.8. The highest BCUT2D eigenvalue weighted by molar-refractivity contribution is 6.33. The average molecular weight is 820 g/mol. The molecule has 3 fully saturated rings. The van der Waals surface area contributed by atoms with E-state index >= 15 is 0 Å². The number of anilines is 2. The van der Waals surface area contributed by atoms with Crippen molar-refractivity contribution in [2.24, 2.45) is 0 Å². The number of urea groups is 1. The van der Waals surface area contributed by atoms with Gasteiger partial charge in [0.2, 0.25) is 0 Å². The third-order valence-corrected chi connectivity index (χ3v) is 12.2. The van der Waals surface area contributed by atoms with E-state index in [1.807, 2.05) is 38.1 Å². The molecule has 0 spiro atoms. The van der Waals surface area contributed by atoms with Crippen LogP contribution in [0.15, 0.2) is 36.4 Å². The number of hydrogen-bond acceptors (Lipinski definition) is 9. The third kappa shape index (κ3) is 9.71.